The summed E-state index contributed by atoms with van der Waals surface area (Å²) in [6.45, 7) is 3.38. The molecule has 3 aliphatic rings. The predicted octanol–water partition coefficient (Wildman–Crippen LogP) is 3.17. The smallest absolute Gasteiger partial charge is 0.119 e. The van der Waals surface area contributed by atoms with E-state index in [0.29, 0.717) is 12.0 Å². The Morgan fingerprint density at radius 2 is 2.21 bits per heavy atom. The van der Waals surface area contributed by atoms with Gasteiger partial charge in [0.15, 0.2) is 0 Å². The first-order chi connectivity index (χ1) is 11.8. The highest BCUT2D eigenvalue weighted by atomic mass is 16.5. The Hall–Kier alpha value is -1.52. The highest BCUT2D eigenvalue weighted by molar-refractivity contribution is 5.86. The van der Waals surface area contributed by atoms with Crippen molar-refractivity contribution in [2.75, 3.05) is 33.9 Å². The number of hydrogen-bond donors (Lipinski definition) is 1. The average molecular weight is 326 g/mol. The summed E-state index contributed by atoms with van der Waals surface area (Å²) >= 11 is 0. The molecule has 0 radical (unpaired) electrons. The van der Waals surface area contributed by atoms with Crippen LogP contribution in [0.2, 0.25) is 0 Å². The number of ether oxygens (including phenoxy) is 2. The van der Waals surface area contributed by atoms with Crippen LogP contribution in [0, 0.1) is 11.8 Å². The molecule has 2 aromatic rings. The van der Waals surface area contributed by atoms with E-state index in [9.17, 15) is 0 Å². The molecular formula is C20H26N2O2. The number of methoxy groups -OCH3 is 2. The highest BCUT2D eigenvalue weighted by Crippen LogP contribution is 2.54. The zero-order valence-electron chi connectivity index (χ0n) is 14.5. The minimum absolute atomic E-state index is 0.668. The Labute approximate surface area is 143 Å². The third-order valence-electron chi connectivity index (χ3n) is 6.73. The number of piperidine rings is 1. The van der Waals surface area contributed by atoms with E-state index in [-0.39, 0.29) is 0 Å². The van der Waals surface area contributed by atoms with Crippen molar-refractivity contribution >= 4 is 10.9 Å². The molecule has 2 aliphatic heterocycles. The van der Waals surface area contributed by atoms with Crippen molar-refractivity contribution in [1.29, 1.82) is 0 Å². The summed E-state index contributed by atoms with van der Waals surface area (Å²) in [6, 6.07) is 7.16. The minimum Gasteiger partial charge on any atom is -0.497 e. The molecule has 0 spiro atoms. The first-order valence-electron chi connectivity index (χ1n) is 9.21. The number of aromatic nitrogens is 1. The van der Waals surface area contributed by atoms with Crippen molar-refractivity contribution < 1.29 is 9.47 Å². The summed E-state index contributed by atoms with van der Waals surface area (Å²) in [5, 5.41) is 1.36. The Kier molecular flexibility index (Phi) is 3.39. The molecule has 0 amide bonds. The molecule has 24 heavy (non-hydrogen) atoms. The molecule has 1 N–H and O–H groups in total. The lowest BCUT2D eigenvalue weighted by Crippen LogP contribution is -2.37. The molecule has 2 fully saturated rings. The van der Waals surface area contributed by atoms with Crippen LogP contribution in [0.5, 0.6) is 5.75 Å². The lowest BCUT2D eigenvalue weighted by atomic mass is 9.92. The van der Waals surface area contributed by atoms with E-state index in [1.54, 1.807) is 7.11 Å². The van der Waals surface area contributed by atoms with Crippen LogP contribution in [0.1, 0.15) is 30.0 Å². The van der Waals surface area contributed by atoms with Crippen molar-refractivity contribution in [3.8, 4) is 5.75 Å². The second-order valence-electron chi connectivity index (χ2n) is 7.71. The number of hydrogen-bond acceptors (Lipinski definition) is 3. The Morgan fingerprint density at radius 3 is 3.04 bits per heavy atom. The Morgan fingerprint density at radius 1 is 1.29 bits per heavy atom. The van der Waals surface area contributed by atoms with Gasteiger partial charge in [-0.3, -0.25) is 4.90 Å². The number of nitrogens with one attached hydrogen (secondary N) is 1. The van der Waals surface area contributed by atoms with Gasteiger partial charge >= 0.3 is 0 Å². The van der Waals surface area contributed by atoms with E-state index in [0.717, 1.165) is 30.6 Å². The van der Waals surface area contributed by atoms with Gasteiger partial charge in [0, 0.05) is 55.4 Å². The SMILES string of the molecule is COCCC1C2CC3c4[nH]c5ccc(OC)cc5c4CCN(C2)C31. The molecule has 1 aromatic heterocycles. The molecule has 3 heterocycles. The Bertz CT molecular complexity index is 768. The lowest BCUT2D eigenvalue weighted by molar-refractivity contribution is 0.157. The van der Waals surface area contributed by atoms with E-state index in [1.807, 2.05) is 7.11 Å². The molecule has 1 aromatic carbocycles. The van der Waals surface area contributed by atoms with Crippen LogP contribution in [0.25, 0.3) is 10.9 Å². The maximum absolute atomic E-state index is 5.45. The van der Waals surface area contributed by atoms with Gasteiger partial charge in [0.1, 0.15) is 5.75 Å². The molecular weight excluding hydrogens is 300 g/mol. The molecule has 1 saturated carbocycles. The summed E-state index contributed by atoms with van der Waals surface area (Å²) in [7, 11) is 3.58. The Balaban J connectivity index is 1.57. The standard InChI is InChI=1S/C20H26N2O2/c1-23-8-6-14-12-9-17-19-15(5-7-22(11-12)20(14)17)16-10-13(24-2)3-4-18(16)21-19/h3-4,10,12,14,17,20-21H,5-9,11H2,1-2H3. The average Bonchev–Trinajstić information content (AvgIpc) is 3.24. The molecule has 2 bridgehead atoms. The normalized spacial score (nSPS) is 31.4. The van der Waals surface area contributed by atoms with Gasteiger partial charge in [-0.15, -0.1) is 0 Å². The molecule has 4 nitrogen and oxygen atoms in total. The van der Waals surface area contributed by atoms with E-state index in [4.69, 9.17) is 9.47 Å². The molecule has 5 rings (SSSR count). The van der Waals surface area contributed by atoms with Gasteiger partial charge in [-0.05, 0) is 54.9 Å². The summed E-state index contributed by atoms with van der Waals surface area (Å²) < 4.78 is 10.8. The lowest BCUT2D eigenvalue weighted by Gasteiger charge is -2.31. The van der Waals surface area contributed by atoms with Crippen LogP contribution in [0.15, 0.2) is 18.2 Å². The molecule has 128 valence electrons. The maximum Gasteiger partial charge on any atom is 0.119 e. The molecule has 4 heteroatoms. The third kappa shape index (κ3) is 1.99. The van der Waals surface area contributed by atoms with E-state index < -0.39 is 0 Å². The number of H-pyrrole nitrogens is 1. The van der Waals surface area contributed by atoms with Crippen LogP contribution >= 0.6 is 0 Å². The minimum atomic E-state index is 0.668. The van der Waals surface area contributed by atoms with Crippen molar-refractivity contribution in [1.82, 2.24) is 9.88 Å². The van der Waals surface area contributed by atoms with Gasteiger partial charge in [0.05, 0.1) is 7.11 Å². The van der Waals surface area contributed by atoms with Gasteiger partial charge in [-0.2, -0.15) is 0 Å². The van der Waals surface area contributed by atoms with E-state index in [2.05, 4.69) is 28.1 Å². The zero-order valence-corrected chi connectivity index (χ0v) is 14.5. The summed E-state index contributed by atoms with van der Waals surface area (Å²) in [5.74, 6) is 3.28. The monoisotopic (exact) mass is 326 g/mol. The van der Waals surface area contributed by atoms with Crippen LogP contribution in [-0.4, -0.2) is 49.8 Å². The maximum atomic E-state index is 5.45. The van der Waals surface area contributed by atoms with Crippen molar-refractivity contribution in [2.45, 2.75) is 31.2 Å². The second-order valence-corrected chi connectivity index (χ2v) is 7.71. The molecule has 1 aliphatic carbocycles. The summed E-state index contributed by atoms with van der Waals surface area (Å²) in [4.78, 5) is 6.55. The fourth-order valence-corrected chi connectivity index (χ4v) is 5.78. The van der Waals surface area contributed by atoms with Crippen LogP contribution in [-0.2, 0) is 11.2 Å². The topological polar surface area (TPSA) is 37.5 Å². The van der Waals surface area contributed by atoms with Crippen LogP contribution in [0.3, 0.4) is 0 Å². The van der Waals surface area contributed by atoms with Gasteiger partial charge in [0.2, 0.25) is 0 Å². The van der Waals surface area contributed by atoms with E-state index in [1.165, 1.54) is 48.1 Å². The fourth-order valence-electron chi connectivity index (χ4n) is 5.78. The third-order valence-corrected chi connectivity index (χ3v) is 6.73. The number of benzene rings is 1. The number of nitrogens with zero attached hydrogens (tertiary/aromatic N) is 1. The largest absolute Gasteiger partial charge is 0.497 e. The zero-order chi connectivity index (χ0) is 16.3. The second kappa shape index (κ2) is 5.50. The molecule has 1 saturated heterocycles. The quantitative estimate of drug-likeness (QED) is 0.938. The van der Waals surface area contributed by atoms with Crippen molar-refractivity contribution in [3.05, 3.63) is 29.5 Å². The number of rotatable bonds is 4. The highest BCUT2D eigenvalue weighted by Gasteiger charge is 2.54. The summed E-state index contributed by atoms with van der Waals surface area (Å²) in [6.07, 6.45) is 3.70. The first kappa shape index (κ1) is 14.8. The predicted molar refractivity (Wildman–Crippen MR) is 94.7 cm³/mol. The number of fused-ring (bicyclic) bond motifs is 5. The summed E-state index contributed by atoms with van der Waals surface area (Å²) in [5.41, 5.74) is 4.32. The van der Waals surface area contributed by atoms with Gasteiger partial charge in [-0.1, -0.05) is 0 Å². The molecule has 4 unspecified atom stereocenters. The van der Waals surface area contributed by atoms with Gasteiger partial charge in [-0.25, -0.2) is 0 Å². The van der Waals surface area contributed by atoms with Crippen molar-refractivity contribution in [3.63, 3.8) is 0 Å². The van der Waals surface area contributed by atoms with E-state index >= 15 is 0 Å². The van der Waals surface area contributed by atoms with Crippen LogP contribution < -0.4 is 4.74 Å². The number of aromatic amines is 1. The first-order valence-corrected chi connectivity index (χ1v) is 9.21. The van der Waals surface area contributed by atoms with Crippen LogP contribution in [0.4, 0.5) is 0 Å². The van der Waals surface area contributed by atoms with Crippen molar-refractivity contribution in [2.24, 2.45) is 11.8 Å². The van der Waals surface area contributed by atoms with Gasteiger partial charge < -0.3 is 14.5 Å². The molecule has 4 atom stereocenters. The van der Waals surface area contributed by atoms with Gasteiger partial charge in [0.25, 0.3) is 0 Å². The fraction of sp³-hybridized carbons (Fsp3) is 0.600.